The smallest absolute Gasteiger partial charge is 0.411 e. The number of carboxylic acids is 1. The number of ether oxygens (including phenoxy) is 1. The third kappa shape index (κ3) is 6.39. The van der Waals surface area contributed by atoms with Crippen LogP contribution < -0.4 is 10.6 Å². The van der Waals surface area contributed by atoms with Crippen molar-refractivity contribution in [3.63, 3.8) is 0 Å². The predicted molar refractivity (Wildman–Crippen MR) is 135 cm³/mol. The third-order valence-corrected chi connectivity index (χ3v) is 6.49. The Hall–Kier alpha value is -3.85. The van der Waals surface area contributed by atoms with Crippen molar-refractivity contribution in [1.82, 2.24) is 10.3 Å². The van der Waals surface area contributed by atoms with Gasteiger partial charge in [-0.05, 0) is 34.4 Å². The summed E-state index contributed by atoms with van der Waals surface area (Å²) in [6, 6.07) is 19.6. The van der Waals surface area contributed by atoms with E-state index in [2.05, 4.69) is 39.9 Å². The fourth-order valence-electron chi connectivity index (χ4n) is 4.00. The number of aliphatic carboxylic acids is 1. The van der Waals surface area contributed by atoms with Gasteiger partial charge in [-0.15, -0.1) is 11.8 Å². The van der Waals surface area contributed by atoms with Gasteiger partial charge in [-0.1, -0.05) is 48.5 Å². The summed E-state index contributed by atoms with van der Waals surface area (Å²) in [4.78, 5) is 39.1. The van der Waals surface area contributed by atoms with Crippen molar-refractivity contribution in [3.8, 4) is 11.1 Å². The van der Waals surface area contributed by atoms with Crippen LogP contribution in [-0.2, 0) is 20.7 Å². The molecule has 1 aromatic heterocycles. The molecule has 0 spiro atoms. The van der Waals surface area contributed by atoms with Gasteiger partial charge >= 0.3 is 12.1 Å². The molecule has 1 aliphatic carbocycles. The molecule has 3 N–H and O–H groups in total. The molecule has 4 rings (SSSR count). The number of hydrogen-bond donors (Lipinski definition) is 3. The van der Waals surface area contributed by atoms with E-state index in [0.717, 1.165) is 11.1 Å². The number of rotatable bonds is 10. The maximum Gasteiger partial charge on any atom is 0.411 e. The van der Waals surface area contributed by atoms with Gasteiger partial charge in [-0.25, -0.2) is 4.79 Å². The number of thioether (sulfide) groups is 1. The highest BCUT2D eigenvalue weighted by Gasteiger charge is 2.29. The molecule has 0 atom stereocenters. The number of fused-ring (bicyclic) bond motifs is 3. The summed E-state index contributed by atoms with van der Waals surface area (Å²) in [5.41, 5.74) is 5.65. The molecule has 1 aliphatic rings. The molecule has 0 saturated heterocycles. The van der Waals surface area contributed by atoms with Gasteiger partial charge in [-0.2, -0.15) is 0 Å². The Morgan fingerprint density at radius 1 is 0.971 bits per heavy atom. The van der Waals surface area contributed by atoms with Crippen LogP contribution >= 0.6 is 11.8 Å². The molecule has 180 valence electrons. The molecular weight excluding hydrogens is 466 g/mol. The Morgan fingerprint density at radius 2 is 1.66 bits per heavy atom. The molecule has 2 amide bonds. The number of anilines is 1. The zero-order valence-corrected chi connectivity index (χ0v) is 19.7. The minimum atomic E-state index is -0.877. The molecule has 0 fully saturated rings. The molecule has 3 aromatic rings. The van der Waals surface area contributed by atoms with Crippen molar-refractivity contribution >= 4 is 35.4 Å². The minimum Gasteiger partial charge on any atom is -0.481 e. The van der Waals surface area contributed by atoms with Crippen LogP contribution in [0.25, 0.3) is 11.1 Å². The molecule has 0 unspecified atom stereocenters. The second-order valence-electron chi connectivity index (χ2n) is 7.96. The number of amides is 2. The summed E-state index contributed by atoms with van der Waals surface area (Å²) in [5.74, 6) is -0.568. The summed E-state index contributed by atoms with van der Waals surface area (Å²) in [5, 5.41) is 14.0. The van der Waals surface area contributed by atoms with Crippen molar-refractivity contribution in [2.75, 3.05) is 30.0 Å². The largest absolute Gasteiger partial charge is 0.481 e. The fourth-order valence-corrected chi connectivity index (χ4v) is 4.57. The molecule has 0 aliphatic heterocycles. The maximum atomic E-state index is 12.4. The van der Waals surface area contributed by atoms with E-state index in [1.165, 1.54) is 29.1 Å². The Morgan fingerprint density at radius 3 is 2.29 bits per heavy atom. The van der Waals surface area contributed by atoms with E-state index in [4.69, 9.17) is 9.84 Å². The summed E-state index contributed by atoms with van der Waals surface area (Å²) in [6.07, 6.45) is 1.000. The van der Waals surface area contributed by atoms with Crippen LogP contribution in [0.5, 0.6) is 0 Å². The fraction of sp³-hybridized carbons (Fsp3) is 0.231. The second kappa shape index (κ2) is 11.5. The molecule has 0 saturated carbocycles. The number of carbonyl (C=O) groups is 3. The van der Waals surface area contributed by atoms with Gasteiger partial charge in [-0.3, -0.25) is 19.9 Å². The van der Waals surface area contributed by atoms with Crippen LogP contribution in [0.15, 0.2) is 66.9 Å². The lowest BCUT2D eigenvalue weighted by atomic mass is 9.98. The summed E-state index contributed by atoms with van der Waals surface area (Å²) >= 11 is 1.24. The molecule has 8 nitrogen and oxygen atoms in total. The number of benzene rings is 2. The average Bonchev–Trinajstić information content (AvgIpc) is 3.17. The first-order valence-corrected chi connectivity index (χ1v) is 12.3. The summed E-state index contributed by atoms with van der Waals surface area (Å²) in [6.45, 7) is 0.606. The number of carboxylic acid groups (broad SMARTS) is 1. The predicted octanol–water partition coefficient (Wildman–Crippen LogP) is 3.92. The van der Waals surface area contributed by atoms with Crippen LogP contribution in [0.4, 0.5) is 10.5 Å². The van der Waals surface area contributed by atoms with Gasteiger partial charge < -0.3 is 15.2 Å². The monoisotopic (exact) mass is 491 g/mol. The topological polar surface area (TPSA) is 118 Å². The maximum absolute atomic E-state index is 12.4. The van der Waals surface area contributed by atoms with E-state index in [1.54, 1.807) is 12.1 Å². The highest BCUT2D eigenvalue weighted by Crippen LogP contribution is 2.44. The average molecular weight is 492 g/mol. The van der Waals surface area contributed by atoms with Crippen LogP contribution in [0, 0.1) is 0 Å². The highest BCUT2D eigenvalue weighted by molar-refractivity contribution is 7.99. The van der Waals surface area contributed by atoms with Crippen LogP contribution in [0.1, 0.15) is 22.7 Å². The first kappa shape index (κ1) is 24.3. The van der Waals surface area contributed by atoms with Crippen LogP contribution in [0.3, 0.4) is 0 Å². The summed E-state index contributed by atoms with van der Waals surface area (Å²) in [7, 11) is 0. The van der Waals surface area contributed by atoms with E-state index in [1.807, 2.05) is 24.3 Å². The quantitative estimate of drug-likeness (QED) is 0.368. The van der Waals surface area contributed by atoms with Crippen molar-refractivity contribution in [1.29, 1.82) is 0 Å². The standard InChI is InChI=1S/C26H25N3O5S/c30-24(27-11-12-35-16-25(31)32)13-17-9-10-18(14-28-17)29-26(33)34-15-23-21-7-3-1-5-19(21)20-6-2-4-8-22(20)23/h1-10,14,23H,11-13,15-16H2,(H,27,30)(H,29,33)(H,31,32). The van der Waals surface area contributed by atoms with Crippen molar-refractivity contribution in [2.24, 2.45) is 0 Å². The number of hydrogen-bond acceptors (Lipinski definition) is 6. The zero-order chi connectivity index (χ0) is 24.6. The molecule has 0 bridgehead atoms. The van der Waals surface area contributed by atoms with Gasteiger partial charge in [0.15, 0.2) is 0 Å². The van der Waals surface area contributed by atoms with E-state index in [-0.39, 0.29) is 30.6 Å². The van der Waals surface area contributed by atoms with Gasteiger partial charge in [0, 0.05) is 23.9 Å². The van der Waals surface area contributed by atoms with Crippen LogP contribution in [0.2, 0.25) is 0 Å². The third-order valence-electron chi connectivity index (χ3n) is 5.55. The van der Waals surface area contributed by atoms with Gasteiger partial charge in [0.2, 0.25) is 5.91 Å². The lowest BCUT2D eigenvalue weighted by Crippen LogP contribution is -2.27. The molecule has 1 heterocycles. The van der Waals surface area contributed by atoms with E-state index in [9.17, 15) is 14.4 Å². The van der Waals surface area contributed by atoms with E-state index < -0.39 is 12.1 Å². The van der Waals surface area contributed by atoms with Gasteiger partial charge in [0.25, 0.3) is 0 Å². The minimum absolute atomic E-state index is 0.00949. The Bertz CT molecular complexity index is 1170. The molecule has 2 aromatic carbocycles. The van der Waals surface area contributed by atoms with E-state index >= 15 is 0 Å². The van der Waals surface area contributed by atoms with Crippen LogP contribution in [-0.4, -0.2) is 52.7 Å². The molecule has 0 radical (unpaired) electrons. The lowest BCUT2D eigenvalue weighted by molar-refractivity contribution is -0.133. The SMILES string of the molecule is O=C(O)CSCCNC(=O)Cc1ccc(NC(=O)OCC2c3ccccc3-c3ccccc32)cn1. The molecular formula is C26H25N3O5S. The van der Waals surface area contributed by atoms with Gasteiger partial charge in [0.1, 0.15) is 6.61 Å². The molecule has 35 heavy (non-hydrogen) atoms. The first-order chi connectivity index (χ1) is 17.0. The number of carbonyl (C=O) groups excluding carboxylic acids is 2. The number of nitrogens with zero attached hydrogens (tertiary/aromatic N) is 1. The first-order valence-electron chi connectivity index (χ1n) is 11.1. The molecule has 9 heteroatoms. The lowest BCUT2D eigenvalue weighted by Gasteiger charge is -2.14. The van der Waals surface area contributed by atoms with E-state index in [0.29, 0.717) is 23.7 Å². The van der Waals surface area contributed by atoms with Crippen molar-refractivity contribution < 1.29 is 24.2 Å². The second-order valence-corrected chi connectivity index (χ2v) is 9.07. The summed E-state index contributed by atoms with van der Waals surface area (Å²) < 4.78 is 5.54. The Balaban J connectivity index is 1.24. The van der Waals surface area contributed by atoms with Gasteiger partial charge in [0.05, 0.1) is 24.1 Å². The van der Waals surface area contributed by atoms with Crippen molar-refractivity contribution in [2.45, 2.75) is 12.3 Å². The normalized spacial score (nSPS) is 11.9. The van der Waals surface area contributed by atoms with Crippen molar-refractivity contribution in [3.05, 3.63) is 83.7 Å². The zero-order valence-electron chi connectivity index (χ0n) is 18.9. The Labute approximate surface area is 207 Å². The number of nitrogens with one attached hydrogen (secondary N) is 2. The highest BCUT2D eigenvalue weighted by atomic mass is 32.2. The number of aromatic nitrogens is 1. The Kier molecular flexibility index (Phi) is 7.99. The number of pyridine rings is 1.